The number of benzene rings is 1. The first kappa shape index (κ1) is 19.5. The molecule has 0 radical (unpaired) electrons. The Morgan fingerprint density at radius 2 is 1.88 bits per heavy atom. The molecule has 1 aliphatic heterocycles. The molecule has 0 saturated heterocycles. The second-order valence-corrected chi connectivity index (χ2v) is 9.10. The SMILES string of the molecule is CN(CC(C)(C)CN)C(=O)CCS(=O)(=O)c1ccc2c(c1)OCCO2. The highest BCUT2D eigenvalue weighted by Crippen LogP contribution is 2.32. The molecule has 0 saturated carbocycles. The summed E-state index contributed by atoms with van der Waals surface area (Å²) in [6.07, 6.45) is -0.0755. The van der Waals surface area contributed by atoms with Crippen molar-refractivity contribution in [2.45, 2.75) is 25.2 Å². The van der Waals surface area contributed by atoms with Crippen molar-refractivity contribution in [1.29, 1.82) is 0 Å². The Bertz CT molecular complexity index is 731. The third kappa shape index (κ3) is 5.09. The van der Waals surface area contributed by atoms with Crippen molar-refractivity contribution in [2.75, 3.05) is 39.1 Å². The molecule has 0 aromatic heterocycles. The quantitative estimate of drug-likeness (QED) is 0.771. The fourth-order valence-corrected chi connectivity index (χ4v) is 3.78. The van der Waals surface area contributed by atoms with Gasteiger partial charge in [0.05, 0.1) is 10.6 Å². The van der Waals surface area contributed by atoms with Crippen molar-refractivity contribution in [2.24, 2.45) is 11.1 Å². The molecular weight excluding hydrogens is 344 g/mol. The second kappa shape index (κ2) is 7.61. The summed E-state index contributed by atoms with van der Waals surface area (Å²) < 4.78 is 35.8. The van der Waals surface area contributed by atoms with Gasteiger partial charge < -0.3 is 20.1 Å². The molecule has 7 nitrogen and oxygen atoms in total. The number of hydrogen-bond acceptors (Lipinski definition) is 6. The van der Waals surface area contributed by atoms with Gasteiger partial charge in [-0.3, -0.25) is 4.79 Å². The largest absolute Gasteiger partial charge is 0.486 e. The topological polar surface area (TPSA) is 98.9 Å². The van der Waals surface area contributed by atoms with Crippen LogP contribution in [0.5, 0.6) is 11.5 Å². The fourth-order valence-electron chi connectivity index (χ4n) is 2.54. The van der Waals surface area contributed by atoms with Crippen LogP contribution in [0.25, 0.3) is 0 Å². The van der Waals surface area contributed by atoms with Crippen LogP contribution < -0.4 is 15.2 Å². The molecule has 0 unspecified atom stereocenters. The van der Waals surface area contributed by atoms with Gasteiger partial charge in [-0.2, -0.15) is 0 Å². The molecule has 1 heterocycles. The molecule has 25 heavy (non-hydrogen) atoms. The Balaban J connectivity index is 2.00. The third-order valence-electron chi connectivity index (χ3n) is 4.10. The van der Waals surface area contributed by atoms with Crippen molar-refractivity contribution < 1.29 is 22.7 Å². The Labute approximate surface area is 149 Å². The zero-order valence-corrected chi connectivity index (χ0v) is 15.8. The lowest BCUT2D eigenvalue weighted by Gasteiger charge is -2.29. The number of carbonyl (C=O) groups excluding carboxylic acids is 1. The normalized spacial score (nSPS) is 14.2. The Morgan fingerprint density at radius 3 is 2.52 bits per heavy atom. The highest BCUT2D eigenvalue weighted by Gasteiger charge is 2.24. The summed E-state index contributed by atoms with van der Waals surface area (Å²) in [5.41, 5.74) is 5.46. The number of amides is 1. The van der Waals surface area contributed by atoms with E-state index in [0.717, 1.165) is 0 Å². The van der Waals surface area contributed by atoms with Crippen LogP contribution in [0.3, 0.4) is 0 Å². The van der Waals surface area contributed by atoms with Crippen LogP contribution in [0.15, 0.2) is 23.1 Å². The van der Waals surface area contributed by atoms with Gasteiger partial charge in [-0.05, 0) is 24.1 Å². The van der Waals surface area contributed by atoms with E-state index in [2.05, 4.69) is 0 Å². The summed E-state index contributed by atoms with van der Waals surface area (Å²) in [5, 5.41) is 0. The number of sulfone groups is 1. The first-order chi connectivity index (χ1) is 11.6. The summed E-state index contributed by atoms with van der Waals surface area (Å²) in [6, 6.07) is 4.52. The maximum atomic E-state index is 12.5. The molecule has 1 amide bonds. The number of ether oxygens (including phenoxy) is 2. The minimum atomic E-state index is -3.58. The summed E-state index contributed by atoms with van der Waals surface area (Å²) >= 11 is 0. The maximum absolute atomic E-state index is 12.5. The van der Waals surface area contributed by atoms with Crippen LogP contribution in [-0.4, -0.2) is 58.3 Å². The lowest BCUT2D eigenvalue weighted by Crippen LogP contribution is -2.40. The smallest absolute Gasteiger partial charge is 0.223 e. The van der Waals surface area contributed by atoms with Gasteiger partial charge in [0.25, 0.3) is 0 Å². The van der Waals surface area contributed by atoms with Gasteiger partial charge in [-0.1, -0.05) is 13.8 Å². The van der Waals surface area contributed by atoms with Crippen LogP contribution in [0, 0.1) is 5.41 Å². The van der Waals surface area contributed by atoms with Crippen LogP contribution in [-0.2, 0) is 14.6 Å². The number of nitrogens with two attached hydrogens (primary N) is 1. The van der Waals surface area contributed by atoms with Gasteiger partial charge in [-0.15, -0.1) is 0 Å². The molecule has 0 bridgehead atoms. The lowest BCUT2D eigenvalue weighted by atomic mass is 9.93. The zero-order chi connectivity index (χ0) is 18.7. The summed E-state index contributed by atoms with van der Waals surface area (Å²) in [5.74, 6) is 0.479. The summed E-state index contributed by atoms with van der Waals surface area (Å²) in [4.78, 5) is 13.9. The highest BCUT2D eigenvalue weighted by molar-refractivity contribution is 7.91. The van der Waals surface area contributed by atoms with Crippen LogP contribution >= 0.6 is 0 Å². The Hall–Kier alpha value is -1.80. The highest BCUT2D eigenvalue weighted by atomic mass is 32.2. The summed E-state index contributed by atoms with van der Waals surface area (Å²) in [7, 11) is -1.92. The van der Waals surface area contributed by atoms with Crippen LogP contribution in [0.4, 0.5) is 0 Å². The van der Waals surface area contributed by atoms with Crippen molar-refractivity contribution in [3.05, 3.63) is 18.2 Å². The lowest BCUT2D eigenvalue weighted by molar-refractivity contribution is -0.130. The van der Waals surface area contributed by atoms with E-state index in [1.807, 2.05) is 13.8 Å². The van der Waals surface area contributed by atoms with E-state index in [1.54, 1.807) is 13.1 Å². The first-order valence-corrected chi connectivity index (χ1v) is 9.86. The van der Waals surface area contributed by atoms with E-state index in [0.29, 0.717) is 37.8 Å². The van der Waals surface area contributed by atoms with Gasteiger partial charge in [0.15, 0.2) is 21.3 Å². The van der Waals surface area contributed by atoms with E-state index in [-0.39, 0.29) is 28.4 Å². The van der Waals surface area contributed by atoms with Gasteiger partial charge in [0.1, 0.15) is 13.2 Å². The van der Waals surface area contributed by atoms with Crippen LogP contribution in [0.2, 0.25) is 0 Å². The predicted octanol–water partition coefficient (Wildman–Crippen LogP) is 1.06. The minimum absolute atomic E-state index is 0.0755. The average Bonchev–Trinajstić information content (AvgIpc) is 2.58. The molecule has 0 aliphatic carbocycles. The molecule has 2 rings (SSSR count). The average molecular weight is 370 g/mol. The maximum Gasteiger partial charge on any atom is 0.223 e. The third-order valence-corrected chi connectivity index (χ3v) is 5.81. The number of rotatable bonds is 7. The number of carbonyl (C=O) groups is 1. The monoisotopic (exact) mass is 370 g/mol. The van der Waals surface area contributed by atoms with Crippen LogP contribution in [0.1, 0.15) is 20.3 Å². The second-order valence-electron chi connectivity index (χ2n) is 6.99. The molecule has 1 aliphatic rings. The molecular formula is C17H26N2O5S. The molecule has 140 valence electrons. The van der Waals surface area contributed by atoms with Crippen molar-refractivity contribution in [1.82, 2.24) is 4.90 Å². The van der Waals surface area contributed by atoms with Gasteiger partial charge in [-0.25, -0.2) is 8.42 Å². The van der Waals surface area contributed by atoms with Crippen molar-refractivity contribution in [3.63, 3.8) is 0 Å². The van der Waals surface area contributed by atoms with E-state index in [9.17, 15) is 13.2 Å². The molecule has 8 heteroatoms. The molecule has 0 fully saturated rings. The molecule has 0 atom stereocenters. The van der Waals surface area contributed by atoms with E-state index >= 15 is 0 Å². The van der Waals surface area contributed by atoms with Gasteiger partial charge in [0.2, 0.25) is 5.91 Å². The van der Waals surface area contributed by atoms with Crippen molar-refractivity contribution >= 4 is 15.7 Å². The zero-order valence-electron chi connectivity index (χ0n) is 14.9. The number of hydrogen-bond donors (Lipinski definition) is 1. The molecule has 2 N–H and O–H groups in total. The standard InChI is InChI=1S/C17H26N2O5S/c1-17(2,11-18)12-19(3)16(20)6-9-25(21,22)13-4-5-14-15(10-13)24-8-7-23-14/h4-5,10H,6-9,11-12,18H2,1-3H3. The Kier molecular flexibility index (Phi) is 5.95. The van der Waals surface area contributed by atoms with E-state index in [1.165, 1.54) is 17.0 Å². The number of fused-ring (bicyclic) bond motifs is 1. The summed E-state index contributed by atoms with van der Waals surface area (Å²) in [6.45, 7) is 5.67. The number of nitrogens with zero attached hydrogens (tertiary/aromatic N) is 1. The Morgan fingerprint density at radius 1 is 1.24 bits per heavy atom. The fraction of sp³-hybridized carbons (Fsp3) is 0.588. The van der Waals surface area contributed by atoms with Gasteiger partial charge >= 0.3 is 0 Å². The van der Waals surface area contributed by atoms with Gasteiger partial charge in [0, 0.05) is 26.1 Å². The first-order valence-electron chi connectivity index (χ1n) is 8.21. The molecule has 1 aromatic carbocycles. The molecule has 1 aromatic rings. The van der Waals surface area contributed by atoms with E-state index < -0.39 is 9.84 Å². The van der Waals surface area contributed by atoms with E-state index in [4.69, 9.17) is 15.2 Å². The van der Waals surface area contributed by atoms with Crippen molar-refractivity contribution in [3.8, 4) is 11.5 Å². The predicted molar refractivity (Wildman–Crippen MR) is 94.6 cm³/mol. The minimum Gasteiger partial charge on any atom is -0.486 e. The molecule has 0 spiro atoms.